The lowest BCUT2D eigenvalue weighted by Crippen LogP contribution is -2.19. The minimum absolute atomic E-state index is 0.163. The van der Waals surface area contributed by atoms with Crippen LogP contribution in [0.4, 0.5) is 11.4 Å². The van der Waals surface area contributed by atoms with Crippen LogP contribution in [0.15, 0.2) is 18.2 Å². The molecule has 1 saturated heterocycles. The van der Waals surface area contributed by atoms with Crippen molar-refractivity contribution in [2.75, 3.05) is 23.7 Å². The second-order valence-corrected chi connectivity index (χ2v) is 4.55. The number of benzene rings is 1. The highest BCUT2D eigenvalue weighted by Gasteiger charge is 2.16. The highest BCUT2D eigenvalue weighted by molar-refractivity contribution is 5.74. The van der Waals surface area contributed by atoms with E-state index >= 15 is 0 Å². The molecule has 0 spiro atoms. The number of ether oxygens (including phenoxy) is 1. The molecule has 1 heterocycles. The Hall–Kier alpha value is -1.38. The molecule has 16 heavy (non-hydrogen) atoms. The van der Waals surface area contributed by atoms with Crippen LogP contribution in [0.2, 0.25) is 0 Å². The van der Waals surface area contributed by atoms with E-state index in [-0.39, 0.29) is 6.10 Å². The van der Waals surface area contributed by atoms with Crippen LogP contribution in [0, 0.1) is 0 Å². The van der Waals surface area contributed by atoms with Gasteiger partial charge in [0, 0.05) is 13.1 Å². The van der Waals surface area contributed by atoms with Gasteiger partial charge in [0.2, 0.25) is 0 Å². The number of rotatable bonds is 3. The summed E-state index contributed by atoms with van der Waals surface area (Å²) in [6.45, 7) is 6.24. The van der Waals surface area contributed by atoms with Gasteiger partial charge in [0.1, 0.15) is 5.75 Å². The van der Waals surface area contributed by atoms with E-state index in [1.54, 1.807) is 0 Å². The summed E-state index contributed by atoms with van der Waals surface area (Å²) < 4.78 is 5.69. The molecule has 1 aromatic carbocycles. The van der Waals surface area contributed by atoms with Crippen molar-refractivity contribution >= 4 is 11.4 Å². The maximum atomic E-state index is 6.14. The van der Waals surface area contributed by atoms with Gasteiger partial charge in [-0.1, -0.05) is 6.07 Å². The Labute approximate surface area is 97.2 Å². The molecule has 0 radical (unpaired) electrons. The fourth-order valence-electron chi connectivity index (χ4n) is 2.12. The van der Waals surface area contributed by atoms with E-state index in [4.69, 9.17) is 10.5 Å². The fraction of sp³-hybridized carbons (Fsp3) is 0.538. The van der Waals surface area contributed by atoms with Gasteiger partial charge < -0.3 is 15.4 Å². The molecule has 3 heteroatoms. The smallest absolute Gasteiger partial charge is 0.144 e. The Bertz CT molecular complexity index is 357. The maximum Gasteiger partial charge on any atom is 0.144 e. The number of anilines is 2. The Balaban J connectivity index is 2.24. The van der Waals surface area contributed by atoms with E-state index < -0.39 is 0 Å². The predicted molar refractivity (Wildman–Crippen MR) is 68.1 cm³/mol. The van der Waals surface area contributed by atoms with E-state index in [2.05, 4.69) is 11.0 Å². The molecule has 1 aliphatic rings. The first-order valence-electron chi connectivity index (χ1n) is 5.98. The molecule has 0 saturated carbocycles. The minimum Gasteiger partial charge on any atom is -0.489 e. The van der Waals surface area contributed by atoms with E-state index in [9.17, 15) is 0 Å². The lowest BCUT2D eigenvalue weighted by atomic mass is 10.2. The van der Waals surface area contributed by atoms with E-state index in [0.717, 1.165) is 30.2 Å². The fourth-order valence-corrected chi connectivity index (χ4v) is 2.12. The van der Waals surface area contributed by atoms with E-state index in [1.807, 2.05) is 26.0 Å². The maximum absolute atomic E-state index is 6.14. The van der Waals surface area contributed by atoms with Gasteiger partial charge >= 0.3 is 0 Å². The average Bonchev–Trinajstić information content (AvgIpc) is 2.73. The van der Waals surface area contributed by atoms with Crippen molar-refractivity contribution in [3.63, 3.8) is 0 Å². The average molecular weight is 220 g/mol. The van der Waals surface area contributed by atoms with Crippen molar-refractivity contribution in [2.24, 2.45) is 0 Å². The molecule has 0 unspecified atom stereocenters. The van der Waals surface area contributed by atoms with Gasteiger partial charge in [0.15, 0.2) is 0 Å². The molecule has 2 N–H and O–H groups in total. The minimum atomic E-state index is 0.163. The van der Waals surface area contributed by atoms with Crippen LogP contribution >= 0.6 is 0 Å². The van der Waals surface area contributed by atoms with Gasteiger partial charge in [-0.3, -0.25) is 0 Å². The molecular formula is C13H20N2O. The lowest BCUT2D eigenvalue weighted by Gasteiger charge is -2.22. The zero-order valence-electron chi connectivity index (χ0n) is 10.1. The zero-order valence-corrected chi connectivity index (χ0v) is 10.1. The first-order chi connectivity index (χ1) is 7.68. The van der Waals surface area contributed by atoms with E-state index in [0.29, 0.717) is 0 Å². The summed E-state index contributed by atoms with van der Waals surface area (Å²) in [5.41, 5.74) is 8.04. The molecule has 0 atom stereocenters. The molecule has 0 aromatic heterocycles. The molecule has 3 nitrogen and oxygen atoms in total. The van der Waals surface area contributed by atoms with Crippen molar-refractivity contribution < 1.29 is 4.74 Å². The quantitative estimate of drug-likeness (QED) is 0.796. The molecule has 0 aliphatic carbocycles. The monoisotopic (exact) mass is 220 g/mol. The van der Waals surface area contributed by atoms with Crippen molar-refractivity contribution in [2.45, 2.75) is 32.8 Å². The normalized spacial score (nSPS) is 15.8. The third kappa shape index (κ3) is 2.23. The third-order valence-corrected chi connectivity index (χ3v) is 2.85. The van der Waals surface area contributed by atoms with Gasteiger partial charge in [0.25, 0.3) is 0 Å². The van der Waals surface area contributed by atoms with Gasteiger partial charge in [-0.25, -0.2) is 0 Å². The number of hydrogen-bond acceptors (Lipinski definition) is 3. The Morgan fingerprint density at radius 2 is 1.94 bits per heavy atom. The standard InChI is InChI=1S/C13H20N2O/c1-10(2)16-12-7-5-6-11(13(12)14)15-8-3-4-9-15/h5-7,10H,3-4,8-9,14H2,1-2H3. The topological polar surface area (TPSA) is 38.5 Å². The second kappa shape index (κ2) is 4.64. The molecule has 1 aromatic rings. The summed E-state index contributed by atoms with van der Waals surface area (Å²) in [4.78, 5) is 2.34. The molecule has 0 bridgehead atoms. The SMILES string of the molecule is CC(C)Oc1cccc(N2CCCC2)c1N. The summed E-state index contributed by atoms with van der Waals surface area (Å²) in [5.74, 6) is 0.805. The third-order valence-electron chi connectivity index (χ3n) is 2.85. The van der Waals surface area contributed by atoms with Crippen LogP contribution in [0.25, 0.3) is 0 Å². The molecule has 88 valence electrons. The number of para-hydroxylation sites is 1. The summed E-state index contributed by atoms with van der Waals surface area (Å²) in [6, 6.07) is 6.03. The van der Waals surface area contributed by atoms with Gasteiger partial charge in [-0.2, -0.15) is 0 Å². The number of nitrogen functional groups attached to an aromatic ring is 1. The van der Waals surface area contributed by atoms with Crippen LogP contribution in [-0.2, 0) is 0 Å². The van der Waals surface area contributed by atoms with Crippen LogP contribution in [-0.4, -0.2) is 19.2 Å². The molecule has 0 amide bonds. The molecule has 1 fully saturated rings. The van der Waals surface area contributed by atoms with E-state index in [1.165, 1.54) is 12.8 Å². The Kier molecular flexibility index (Phi) is 3.22. The first kappa shape index (κ1) is 11.1. The van der Waals surface area contributed by atoms with Gasteiger partial charge in [-0.05, 0) is 38.8 Å². The van der Waals surface area contributed by atoms with Crippen molar-refractivity contribution in [3.05, 3.63) is 18.2 Å². The number of hydrogen-bond donors (Lipinski definition) is 1. The molecule has 1 aliphatic heterocycles. The van der Waals surface area contributed by atoms with Crippen LogP contribution < -0.4 is 15.4 Å². The predicted octanol–water partition coefficient (Wildman–Crippen LogP) is 2.66. The number of nitrogens with two attached hydrogens (primary N) is 1. The summed E-state index contributed by atoms with van der Waals surface area (Å²) in [6.07, 6.45) is 2.68. The number of nitrogens with zero attached hydrogens (tertiary/aromatic N) is 1. The highest BCUT2D eigenvalue weighted by atomic mass is 16.5. The van der Waals surface area contributed by atoms with Crippen LogP contribution in [0.5, 0.6) is 5.75 Å². The highest BCUT2D eigenvalue weighted by Crippen LogP contribution is 2.34. The molecule has 2 rings (SSSR count). The van der Waals surface area contributed by atoms with Crippen LogP contribution in [0.1, 0.15) is 26.7 Å². The van der Waals surface area contributed by atoms with Crippen LogP contribution in [0.3, 0.4) is 0 Å². The zero-order chi connectivity index (χ0) is 11.5. The summed E-state index contributed by atoms with van der Waals surface area (Å²) in [5, 5.41) is 0. The van der Waals surface area contributed by atoms with Crippen molar-refractivity contribution in [3.8, 4) is 5.75 Å². The first-order valence-corrected chi connectivity index (χ1v) is 5.98. The summed E-state index contributed by atoms with van der Waals surface area (Å²) >= 11 is 0. The summed E-state index contributed by atoms with van der Waals surface area (Å²) in [7, 11) is 0. The lowest BCUT2D eigenvalue weighted by molar-refractivity contribution is 0.244. The molecular weight excluding hydrogens is 200 g/mol. The van der Waals surface area contributed by atoms with Gasteiger partial charge in [-0.15, -0.1) is 0 Å². The second-order valence-electron chi connectivity index (χ2n) is 4.55. The largest absolute Gasteiger partial charge is 0.489 e. The van der Waals surface area contributed by atoms with Gasteiger partial charge in [0.05, 0.1) is 17.5 Å². The van der Waals surface area contributed by atoms with Crippen molar-refractivity contribution in [1.82, 2.24) is 0 Å². The Morgan fingerprint density at radius 1 is 1.25 bits per heavy atom. The van der Waals surface area contributed by atoms with Crippen molar-refractivity contribution in [1.29, 1.82) is 0 Å². The Morgan fingerprint density at radius 3 is 2.56 bits per heavy atom.